The normalized spacial score (nSPS) is 15.4. The fourth-order valence-electron chi connectivity index (χ4n) is 3.90. The largest absolute Gasteiger partial charge is 0.478 e. The number of hydrogen-bond donors (Lipinski definition) is 1. The number of halogens is 1. The van der Waals surface area contributed by atoms with E-state index in [2.05, 4.69) is 62.7 Å². The van der Waals surface area contributed by atoms with Gasteiger partial charge in [-0.15, -0.1) is 0 Å². The van der Waals surface area contributed by atoms with Crippen molar-refractivity contribution in [2.24, 2.45) is 4.99 Å². The van der Waals surface area contributed by atoms with E-state index in [1.165, 1.54) is 29.0 Å². The zero-order valence-electron chi connectivity index (χ0n) is 17.6. The van der Waals surface area contributed by atoms with E-state index < -0.39 is 5.97 Å². The van der Waals surface area contributed by atoms with Crippen LogP contribution >= 0.6 is 11.6 Å². The van der Waals surface area contributed by atoms with Crippen LogP contribution in [0.2, 0.25) is 5.02 Å². The summed E-state index contributed by atoms with van der Waals surface area (Å²) in [5.41, 5.74) is 6.39. The Balaban J connectivity index is 2.04. The molecular weight excluding hydrogens is 384 g/mol. The van der Waals surface area contributed by atoms with Gasteiger partial charge in [0, 0.05) is 24.0 Å². The first-order valence-electron chi connectivity index (χ1n) is 9.83. The van der Waals surface area contributed by atoms with Gasteiger partial charge in [0.15, 0.2) is 0 Å². The molecule has 0 aromatic heterocycles. The van der Waals surface area contributed by atoms with Crippen molar-refractivity contribution in [2.45, 2.75) is 46.6 Å². The molecule has 2 aromatic carbocycles. The van der Waals surface area contributed by atoms with Gasteiger partial charge in [-0.2, -0.15) is 0 Å². The fraction of sp³-hybridized carbons (Fsp3) is 0.333. The molecular formula is C24H27ClN2O2. The number of rotatable bonds is 5. The lowest BCUT2D eigenvalue weighted by Gasteiger charge is -2.43. The standard InChI is InChI=1S/C24H27ClN2O2/c1-6-9-27-22-10-15(2)18(11-19(22)16(3)13-24(27,4)5)14-26-21-12-17(23(28)29)7-8-20(21)25/h7-8,10-14H,6,9H2,1-5H3,(H,28,29). The molecule has 0 fully saturated rings. The van der Waals surface area contributed by atoms with Crippen molar-refractivity contribution in [2.75, 3.05) is 11.4 Å². The van der Waals surface area contributed by atoms with Crippen molar-refractivity contribution >= 4 is 40.7 Å². The van der Waals surface area contributed by atoms with Crippen molar-refractivity contribution in [3.8, 4) is 0 Å². The molecule has 2 aromatic rings. The SMILES string of the molecule is CCCN1c2cc(C)c(C=Nc3cc(C(=O)O)ccc3Cl)cc2C(C)=CC1(C)C. The van der Waals surface area contributed by atoms with Crippen LogP contribution in [-0.4, -0.2) is 29.4 Å². The first-order valence-corrected chi connectivity index (χ1v) is 10.2. The molecule has 1 aliphatic heterocycles. The van der Waals surface area contributed by atoms with Crippen LogP contribution in [0.1, 0.15) is 61.2 Å². The molecule has 1 heterocycles. The minimum atomic E-state index is -0.998. The van der Waals surface area contributed by atoms with Gasteiger partial charge in [-0.25, -0.2) is 4.79 Å². The molecule has 0 spiro atoms. The Kier molecular flexibility index (Phi) is 5.85. The van der Waals surface area contributed by atoms with Crippen LogP contribution in [0.5, 0.6) is 0 Å². The zero-order chi connectivity index (χ0) is 21.3. The molecule has 0 atom stereocenters. The molecule has 0 amide bonds. The summed E-state index contributed by atoms with van der Waals surface area (Å²) < 4.78 is 0. The van der Waals surface area contributed by atoms with Crippen LogP contribution in [0, 0.1) is 6.92 Å². The summed E-state index contributed by atoms with van der Waals surface area (Å²) >= 11 is 6.21. The molecule has 0 saturated carbocycles. The molecule has 29 heavy (non-hydrogen) atoms. The van der Waals surface area contributed by atoms with E-state index in [1.807, 2.05) is 0 Å². The van der Waals surface area contributed by atoms with Crippen molar-refractivity contribution < 1.29 is 9.90 Å². The second-order valence-corrected chi connectivity index (χ2v) is 8.50. The van der Waals surface area contributed by atoms with Crippen molar-refractivity contribution in [1.29, 1.82) is 0 Å². The highest BCUT2D eigenvalue weighted by atomic mass is 35.5. The van der Waals surface area contributed by atoms with Gasteiger partial charge in [-0.3, -0.25) is 4.99 Å². The fourth-order valence-corrected chi connectivity index (χ4v) is 4.07. The summed E-state index contributed by atoms with van der Waals surface area (Å²) in [6.07, 6.45) is 5.16. The number of fused-ring (bicyclic) bond motifs is 1. The van der Waals surface area contributed by atoms with E-state index in [9.17, 15) is 9.90 Å². The first-order chi connectivity index (χ1) is 13.6. The third kappa shape index (κ3) is 4.23. The number of carbonyl (C=O) groups is 1. The van der Waals surface area contributed by atoms with Gasteiger partial charge in [0.05, 0.1) is 21.8 Å². The van der Waals surface area contributed by atoms with Crippen LogP contribution in [-0.2, 0) is 0 Å². The van der Waals surface area contributed by atoms with Gasteiger partial charge >= 0.3 is 5.97 Å². The van der Waals surface area contributed by atoms with Gasteiger partial charge in [-0.05, 0) is 81.1 Å². The van der Waals surface area contributed by atoms with E-state index in [0.29, 0.717) is 10.7 Å². The predicted octanol–water partition coefficient (Wildman–Crippen LogP) is 6.51. The minimum absolute atomic E-state index is 0.0278. The minimum Gasteiger partial charge on any atom is -0.478 e. The lowest BCUT2D eigenvalue weighted by Crippen LogP contribution is -2.45. The van der Waals surface area contributed by atoms with Gasteiger partial charge in [0.25, 0.3) is 0 Å². The summed E-state index contributed by atoms with van der Waals surface area (Å²) in [6, 6.07) is 8.92. The Bertz CT molecular complexity index is 1020. The van der Waals surface area contributed by atoms with Crippen LogP contribution in [0.15, 0.2) is 41.4 Å². The number of aromatic carboxylic acids is 1. The quantitative estimate of drug-likeness (QED) is 0.571. The number of nitrogens with zero attached hydrogens (tertiary/aromatic N) is 2. The van der Waals surface area contributed by atoms with Crippen LogP contribution in [0.3, 0.4) is 0 Å². The van der Waals surface area contributed by atoms with E-state index in [-0.39, 0.29) is 11.1 Å². The Labute approximate surface area is 177 Å². The number of allylic oxidation sites excluding steroid dienone is 1. The smallest absolute Gasteiger partial charge is 0.335 e. The number of aryl methyl sites for hydroxylation is 1. The van der Waals surface area contributed by atoms with E-state index in [1.54, 1.807) is 12.3 Å². The van der Waals surface area contributed by atoms with E-state index in [0.717, 1.165) is 24.1 Å². The summed E-state index contributed by atoms with van der Waals surface area (Å²) in [5, 5.41) is 9.62. The number of hydrogen-bond acceptors (Lipinski definition) is 3. The molecule has 0 radical (unpaired) electrons. The summed E-state index contributed by atoms with van der Waals surface area (Å²) in [4.78, 5) is 18.2. The molecule has 1 N–H and O–H groups in total. The molecule has 1 aliphatic rings. The van der Waals surface area contributed by atoms with Gasteiger partial charge in [-0.1, -0.05) is 24.6 Å². The third-order valence-electron chi connectivity index (χ3n) is 5.35. The average molecular weight is 411 g/mol. The van der Waals surface area contributed by atoms with E-state index >= 15 is 0 Å². The number of benzene rings is 2. The van der Waals surface area contributed by atoms with Crippen molar-refractivity contribution in [1.82, 2.24) is 0 Å². The van der Waals surface area contributed by atoms with Crippen LogP contribution in [0.4, 0.5) is 11.4 Å². The summed E-state index contributed by atoms with van der Waals surface area (Å²) in [5.74, 6) is -0.998. The number of aliphatic imine (C=N–C) groups is 1. The molecule has 0 aliphatic carbocycles. The lowest BCUT2D eigenvalue weighted by atomic mass is 9.87. The molecule has 0 bridgehead atoms. The molecule has 0 saturated heterocycles. The van der Waals surface area contributed by atoms with Crippen molar-refractivity contribution in [3.05, 3.63) is 63.7 Å². The van der Waals surface area contributed by atoms with E-state index in [4.69, 9.17) is 11.6 Å². The lowest BCUT2D eigenvalue weighted by molar-refractivity contribution is 0.0697. The monoisotopic (exact) mass is 410 g/mol. The molecule has 4 nitrogen and oxygen atoms in total. The highest BCUT2D eigenvalue weighted by Crippen LogP contribution is 2.40. The molecule has 3 rings (SSSR count). The number of carboxylic acid groups (broad SMARTS) is 1. The topological polar surface area (TPSA) is 52.9 Å². The first kappa shape index (κ1) is 21.1. The maximum Gasteiger partial charge on any atom is 0.335 e. The highest BCUT2D eigenvalue weighted by molar-refractivity contribution is 6.33. The van der Waals surface area contributed by atoms with Crippen LogP contribution in [0.25, 0.3) is 5.57 Å². The van der Waals surface area contributed by atoms with Gasteiger partial charge < -0.3 is 10.0 Å². The second-order valence-electron chi connectivity index (χ2n) is 8.09. The predicted molar refractivity (Wildman–Crippen MR) is 122 cm³/mol. The maximum atomic E-state index is 11.2. The molecule has 5 heteroatoms. The van der Waals surface area contributed by atoms with Crippen molar-refractivity contribution in [3.63, 3.8) is 0 Å². The summed E-state index contributed by atoms with van der Waals surface area (Å²) in [6.45, 7) is 11.9. The average Bonchev–Trinajstić information content (AvgIpc) is 2.64. The zero-order valence-corrected chi connectivity index (χ0v) is 18.3. The Morgan fingerprint density at radius 3 is 2.62 bits per heavy atom. The second kappa shape index (κ2) is 8.03. The van der Waals surface area contributed by atoms with Gasteiger partial charge in [0.2, 0.25) is 0 Å². The van der Waals surface area contributed by atoms with Gasteiger partial charge in [0.1, 0.15) is 0 Å². The molecule has 152 valence electrons. The highest BCUT2D eigenvalue weighted by Gasteiger charge is 2.31. The summed E-state index contributed by atoms with van der Waals surface area (Å²) in [7, 11) is 0. The Morgan fingerprint density at radius 2 is 1.97 bits per heavy atom. The Hall–Kier alpha value is -2.59. The third-order valence-corrected chi connectivity index (χ3v) is 5.67. The Morgan fingerprint density at radius 1 is 1.24 bits per heavy atom. The maximum absolute atomic E-state index is 11.2. The number of anilines is 1. The van der Waals surface area contributed by atoms with Crippen LogP contribution < -0.4 is 4.90 Å². The molecule has 0 unspecified atom stereocenters. The number of carboxylic acids is 1.